The van der Waals surface area contributed by atoms with Crippen LogP contribution in [0.1, 0.15) is 24.8 Å². The van der Waals surface area contributed by atoms with Crippen LogP contribution < -0.4 is 0 Å². The summed E-state index contributed by atoms with van der Waals surface area (Å²) in [4.78, 5) is 11.1. The molecule has 3 saturated carbocycles. The molecular weight excluding hydrogens is 196 g/mol. The molecule has 0 aliphatic heterocycles. The summed E-state index contributed by atoms with van der Waals surface area (Å²) in [6.45, 7) is 0. The molecule has 0 saturated heterocycles. The number of hydrogen-bond acceptors (Lipinski definition) is 1. The molecule has 0 amide bonds. The fourth-order valence-corrected chi connectivity index (χ4v) is 3.29. The molecule has 0 aromatic heterocycles. The molecule has 0 atom stereocenters. The molecule has 14 heavy (non-hydrogen) atoms. The number of hydrogen-bond donors (Lipinski definition) is 0. The molecule has 4 rings (SSSR count). The third-order valence-electron chi connectivity index (χ3n) is 3.83. The summed E-state index contributed by atoms with van der Waals surface area (Å²) in [5.74, 6) is 0. The predicted octanol–water partition coefficient (Wildman–Crippen LogP) is 2.87. The number of benzene rings is 1. The van der Waals surface area contributed by atoms with Gasteiger partial charge >= 0.3 is 0 Å². The van der Waals surface area contributed by atoms with Gasteiger partial charge in [0.1, 0.15) is 0 Å². The maximum atomic E-state index is 11.1. The van der Waals surface area contributed by atoms with Crippen LogP contribution in [0.5, 0.6) is 0 Å². The van der Waals surface area contributed by atoms with E-state index in [1.165, 1.54) is 5.56 Å². The van der Waals surface area contributed by atoms with Gasteiger partial charge in [0.15, 0.2) is 0 Å². The Morgan fingerprint density at radius 2 is 1.71 bits per heavy atom. The van der Waals surface area contributed by atoms with E-state index in [1.54, 1.807) is 0 Å². The van der Waals surface area contributed by atoms with E-state index >= 15 is 0 Å². The van der Waals surface area contributed by atoms with Crippen molar-refractivity contribution in [3.05, 3.63) is 35.9 Å². The van der Waals surface area contributed by atoms with Gasteiger partial charge in [-0.3, -0.25) is 4.79 Å². The first-order valence-electron chi connectivity index (χ1n) is 4.93. The summed E-state index contributed by atoms with van der Waals surface area (Å²) in [7, 11) is 0. The Morgan fingerprint density at radius 3 is 2.21 bits per heavy atom. The quantitative estimate of drug-likeness (QED) is 0.681. The Hall–Kier alpha value is -0.820. The summed E-state index contributed by atoms with van der Waals surface area (Å²) in [5, 5.41) is -0.129. The fraction of sp³-hybridized carbons (Fsp3) is 0.417. The van der Waals surface area contributed by atoms with Gasteiger partial charge in [-0.15, -0.1) is 0 Å². The number of rotatable bonds is 2. The molecule has 3 fully saturated rings. The van der Waals surface area contributed by atoms with Crippen molar-refractivity contribution in [2.24, 2.45) is 5.41 Å². The van der Waals surface area contributed by atoms with Crippen molar-refractivity contribution in [2.45, 2.75) is 24.7 Å². The third-order valence-corrected chi connectivity index (χ3v) is 4.23. The summed E-state index contributed by atoms with van der Waals surface area (Å²) in [6.07, 6.45) is 2.89. The highest BCUT2D eigenvalue weighted by Crippen LogP contribution is 2.74. The number of halogens is 1. The van der Waals surface area contributed by atoms with E-state index in [9.17, 15) is 4.79 Å². The Kier molecular flexibility index (Phi) is 1.46. The zero-order chi connectivity index (χ0) is 9.81. The Morgan fingerprint density at radius 1 is 1.14 bits per heavy atom. The van der Waals surface area contributed by atoms with Gasteiger partial charge in [-0.25, -0.2) is 0 Å². The van der Waals surface area contributed by atoms with Crippen LogP contribution in [0.25, 0.3) is 0 Å². The summed E-state index contributed by atoms with van der Waals surface area (Å²) in [6, 6.07) is 10.5. The average Bonchev–Trinajstić information content (AvgIpc) is 2.00. The normalized spacial score (nSPS) is 38.4. The van der Waals surface area contributed by atoms with E-state index in [4.69, 9.17) is 11.6 Å². The van der Waals surface area contributed by atoms with Crippen LogP contribution in [0, 0.1) is 5.41 Å². The topological polar surface area (TPSA) is 17.1 Å². The standard InChI is InChI=1S/C12H11ClO/c13-10(14)12-6-11(7-12,8-12)9-4-2-1-3-5-9/h1-5H,6-8H2. The first-order valence-corrected chi connectivity index (χ1v) is 5.30. The second kappa shape index (κ2) is 2.40. The molecule has 3 aliphatic rings. The summed E-state index contributed by atoms with van der Waals surface area (Å²) >= 11 is 5.57. The van der Waals surface area contributed by atoms with Gasteiger partial charge in [0, 0.05) is 5.41 Å². The highest BCUT2D eigenvalue weighted by Gasteiger charge is 2.71. The molecule has 0 spiro atoms. The largest absolute Gasteiger partial charge is 0.281 e. The van der Waals surface area contributed by atoms with Crippen LogP contribution in [0.3, 0.4) is 0 Å². The molecule has 0 N–H and O–H groups in total. The van der Waals surface area contributed by atoms with Gasteiger partial charge in [-0.05, 0) is 41.8 Å². The average molecular weight is 207 g/mol. The van der Waals surface area contributed by atoms with Gasteiger partial charge < -0.3 is 0 Å². The second-order valence-corrected chi connectivity index (χ2v) is 5.07. The molecule has 1 nitrogen and oxygen atoms in total. The summed E-state index contributed by atoms with van der Waals surface area (Å²) in [5.41, 5.74) is 1.53. The maximum absolute atomic E-state index is 11.1. The first kappa shape index (κ1) is 8.49. The van der Waals surface area contributed by atoms with Gasteiger partial charge in [-0.2, -0.15) is 0 Å². The summed E-state index contributed by atoms with van der Waals surface area (Å²) < 4.78 is 0. The lowest BCUT2D eigenvalue weighted by molar-refractivity contribution is -0.164. The number of carbonyl (C=O) groups excluding carboxylic acids is 1. The zero-order valence-corrected chi connectivity index (χ0v) is 8.55. The van der Waals surface area contributed by atoms with Crippen molar-refractivity contribution in [2.75, 3.05) is 0 Å². The van der Waals surface area contributed by atoms with Gasteiger partial charge in [0.25, 0.3) is 0 Å². The molecule has 1 aromatic rings. The Labute approximate surface area is 88.1 Å². The lowest BCUT2D eigenvalue weighted by Crippen LogP contribution is -2.66. The van der Waals surface area contributed by atoms with Crippen molar-refractivity contribution in [3.8, 4) is 0 Å². The van der Waals surface area contributed by atoms with Crippen molar-refractivity contribution in [3.63, 3.8) is 0 Å². The van der Waals surface area contributed by atoms with E-state index in [-0.39, 0.29) is 10.7 Å². The molecule has 2 bridgehead atoms. The molecule has 2 heteroatoms. The van der Waals surface area contributed by atoms with Crippen LogP contribution >= 0.6 is 11.6 Å². The van der Waals surface area contributed by atoms with E-state index < -0.39 is 0 Å². The minimum atomic E-state index is -0.141. The van der Waals surface area contributed by atoms with Crippen molar-refractivity contribution < 1.29 is 4.79 Å². The highest BCUT2D eigenvalue weighted by molar-refractivity contribution is 6.65. The van der Waals surface area contributed by atoms with Gasteiger partial charge in [0.05, 0.1) is 0 Å². The highest BCUT2D eigenvalue weighted by atomic mass is 35.5. The van der Waals surface area contributed by atoms with Crippen LogP contribution in [-0.2, 0) is 10.2 Å². The van der Waals surface area contributed by atoms with Crippen LogP contribution in [0.15, 0.2) is 30.3 Å². The van der Waals surface area contributed by atoms with E-state index in [1.807, 2.05) is 6.07 Å². The molecule has 0 heterocycles. The van der Waals surface area contributed by atoms with Crippen LogP contribution in [-0.4, -0.2) is 5.24 Å². The zero-order valence-electron chi connectivity index (χ0n) is 7.79. The van der Waals surface area contributed by atoms with Crippen molar-refractivity contribution in [1.29, 1.82) is 0 Å². The fourth-order valence-electron chi connectivity index (χ4n) is 3.09. The monoisotopic (exact) mass is 206 g/mol. The van der Waals surface area contributed by atoms with Crippen molar-refractivity contribution in [1.82, 2.24) is 0 Å². The molecule has 1 aromatic carbocycles. The molecule has 72 valence electrons. The lowest BCUT2D eigenvalue weighted by atomic mass is 9.34. The predicted molar refractivity (Wildman–Crippen MR) is 55.3 cm³/mol. The minimum absolute atomic E-state index is 0.129. The SMILES string of the molecule is O=C(Cl)C12CC(c3ccccc3)(C1)C2. The van der Waals surface area contributed by atoms with E-state index in [0.717, 1.165) is 19.3 Å². The lowest BCUT2D eigenvalue weighted by Gasteiger charge is -2.69. The molecule has 0 radical (unpaired) electrons. The first-order chi connectivity index (χ1) is 6.67. The molecule has 0 unspecified atom stereocenters. The molecule has 3 aliphatic carbocycles. The Balaban J connectivity index is 1.85. The smallest absolute Gasteiger partial charge is 0.227 e. The Bertz CT molecular complexity index is 376. The van der Waals surface area contributed by atoms with Crippen LogP contribution in [0.4, 0.5) is 0 Å². The minimum Gasteiger partial charge on any atom is -0.281 e. The molecular formula is C12H11ClO. The van der Waals surface area contributed by atoms with Crippen molar-refractivity contribution >= 4 is 16.8 Å². The maximum Gasteiger partial charge on any atom is 0.227 e. The third kappa shape index (κ3) is 0.838. The van der Waals surface area contributed by atoms with Gasteiger partial charge in [0.2, 0.25) is 5.24 Å². The van der Waals surface area contributed by atoms with E-state index in [0.29, 0.717) is 5.41 Å². The van der Waals surface area contributed by atoms with E-state index in [2.05, 4.69) is 24.3 Å². The van der Waals surface area contributed by atoms with Crippen LogP contribution in [0.2, 0.25) is 0 Å². The van der Waals surface area contributed by atoms with Gasteiger partial charge in [-0.1, -0.05) is 30.3 Å². The second-order valence-electron chi connectivity index (χ2n) is 4.73. The number of carbonyl (C=O) groups is 1.